The van der Waals surface area contributed by atoms with Gasteiger partial charge in [-0.25, -0.2) is 0 Å². The summed E-state index contributed by atoms with van der Waals surface area (Å²) in [5.74, 6) is -2.57. The molecule has 1 amide bonds. The van der Waals surface area contributed by atoms with Gasteiger partial charge in [-0.2, -0.15) is 0 Å². The van der Waals surface area contributed by atoms with Crippen molar-refractivity contribution in [3.63, 3.8) is 0 Å². The molecule has 1 aromatic heterocycles. The molecule has 0 saturated heterocycles. The van der Waals surface area contributed by atoms with E-state index >= 15 is 0 Å². The molecular formula is C16H17NO4S. The topological polar surface area (TPSA) is 86.6 Å². The van der Waals surface area contributed by atoms with Crippen LogP contribution in [0.25, 0.3) is 10.4 Å². The first-order valence-electron chi connectivity index (χ1n) is 6.80. The summed E-state index contributed by atoms with van der Waals surface area (Å²) < 4.78 is 0. The Morgan fingerprint density at radius 3 is 2.55 bits per heavy atom. The minimum Gasteiger partial charge on any atom is -0.481 e. The molecule has 2 aromatic rings. The largest absolute Gasteiger partial charge is 0.481 e. The maximum atomic E-state index is 12.1. The van der Waals surface area contributed by atoms with Crippen molar-refractivity contribution in [3.05, 3.63) is 41.3 Å². The number of rotatable bonds is 6. The molecule has 2 rings (SSSR count). The van der Waals surface area contributed by atoms with E-state index in [2.05, 4.69) is 5.32 Å². The number of aliphatic carboxylic acids is 1. The minimum absolute atomic E-state index is 0.400. The van der Waals surface area contributed by atoms with Crippen LogP contribution in [-0.2, 0) is 9.59 Å². The van der Waals surface area contributed by atoms with Crippen molar-refractivity contribution in [2.75, 3.05) is 11.9 Å². The Balaban J connectivity index is 2.23. The summed E-state index contributed by atoms with van der Waals surface area (Å²) >= 11 is 1.61. The van der Waals surface area contributed by atoms with E-state index in [4.69, 9.17) is 5.11 Å². The number of anilines is 1. The summed E-state index contributed by atoms with van der Waals surface area (Å²) in [4.78, 5) is 25.0. The third kappa shape index (κ3) is 3.93. The standard InChI is InChI=1S/C16H17NO4S/c1-10-6-7-14(22-10)12-4-2-3-5-13(12)17-16(21)11(9-18)8-15(19)20/h2-7,11,18H,8-9H2,1H3,(H,17,21)(H,19,20). The molecule has 1 atom stereocenters. The van der Waals surface area contributed by atoms with E-state index in [-0.39, 0.29) is 0 Å². The van der Waals surface area contributed by atoms with Gasteiger partial charge in [-0.1, -0.05) is 18.2 Å². The second kappa shape index (κ2) is 7.20. The minimum atomic E-state index is -1.11. The van der Waals surface area contributed by atoms with E-state index in [9.17, 15) is 14.7 Å². The Morgan fingerprint density at radius 1 is 1.23 bits per heavy atom. The van der Waals surface area contributed by atoms with Crippen LogP contribution < -0.4 is 5.32 Å². The van der Waals surface area contributed by atoms with Gasteiger partial charge < -0.3 is 15.5 Å². The molecule has 0 saturated carbocycles. The van der Waals surface area contributed by atoms with Gasteiger partial charge in [0.05, 0.1) is 18.9 Å². The number of hydrogen-bond acceptors (Lipinski definition) is 4. The molecule has 3 N–H and O–H groups in total. The molecule has 0 spiro atoms. The molecule has 0 fully saturated rings. The first kappa shape index (κ1) is 16.2. The van der Waals surface area contributed by atoms with Gasteiger partial charge in [-0.15, -0.1) is 11.3 Å². The quantitative estimate of drug-likeness (QED) is 0.764. The van der Waals surface area contributed by atoms with Gasteiger partial charge in [0.15, 0.2) is 0 Å². The third-order valence-corrected chi connectivity index (χ3v) is 4.24. The van der Waals surface area contributed by atoms with Crippen molar-refractivity contribution in [3.8, 4) is 10.4 Å². The van der Waals surface area contributed by atoms with Crippen molar-refractivity contribution < 1.29 is 19.8 Å². The second-order valence-electron chi connectivity index (χ2n) is 4.92. The van der Waals surface area contributed by atoms with Crippen LogP contribution in [-0.4, -0.2) is 28.7 Å². The summed E-state index contributed by atoms with van der Waals surface area (Å²) in [6.07, 6.45) is -0.400. The van der Waals surface area contributed by atoms with Crippen LogP contribution in [0.15, 0.2) is 36.4 Å². The summed E-state index contributed by atoms with van der Waals surface area (Å²) in [7, 11) is 0. The highest BCUT2D eigenvalue weighted by Crippen LogP contribution is 2.33. The number of para-hydroxylation sites is 1. The summed E-state index contributed by atoms with van der Waals surface area (Å²) in [5.41, 5.74) is 1.49. The Bertz CT molecular complexity index is 680. The lowest BCUT2D eigenvalue weighted by Gasteiger charge is -2.14. The van der Waals surface area contributed by atoms with Crippen LogP contribution in [0.3, 0.4) is 0 Å². The smallest absolute Gasteiger partial charge is 0.304 e. The number of carbonyl (C=O) groups excluding carboxylic acids is 1. The van der Waals surface area contributed by atoms with Crippen LogP contribution in [0.2, 0.25) is 0 Å². The van der Waals surface area contributed by atoms with Gasteiger partial charge in [0, 0.05) is 21.0 Å². The highest BCUT2D eigenvalue weighted by atomic mass is 32.1. The van der Waals surface area contributed by atoms with Gasteiger partial charge in [0.2, 0.25) is 5.91 Å². The fourth-order valence-electron chi connectivity index (χ4n) is 2.07. The van der Waals surface area contributed by atoms with E-state index in [0.717, 1.165) is 15.3 Å². The van der Waals surface area contributed by atoms with Crippen LogP contribution in [0, 0.1) is 12.8 Å². The van der Waals surface area contributed by atoms with Crippen molar-refractivity contribution in [2.24, 2.45) is 5.92 Å². The van der Waals surface area contributed by atoms with Crippen LogP contribution in [0.1, 0.15) is 11.3 Å². The number of aryl methyl sites for hydroxylation is 1. The molecule has 1 aromatic carbocycles. The highest BCUT2D eigenvalue weighted by molar-refractivity contribution is 7.15. The zero-order valence-electron chi connectivity index (χ0n) is 12.1. The first-order valence-corrected chi connectivity index (χ1v) is 7.62. The second-order valence-corrected chi connectivity index (χ2v) is 6.21. The number of nitrogens with one attached hydrogen (secondary N) is 1. The maximum Gasteiger partial charge on any atom is 0.304 e. The number of carboxylic acid groups (broad SMARTS) is 1. The Hall–Kier alpha value is -2.18. The first-order chi connectivity index (χ1) is 10.5. The number of hydrogen-bond donors (Lipinski definition) is 3. The van der Waals surface area contributed by atoms with E-state index < -0.39 is 30.8 Å². The number of benzene rings is 1. The van der Waals surface area contributed by atoms with E-state index in [1.165, 1.54) is 0 Å². The van der Waals surface area contributed by atoms with Gasteiger partial charge in [0.1, 0.15) is 0 Å². The predicted octanol–water partition coefficient (Wildman–Crippen LogP) is 2.75. The monoisotopic (exact) mass is 319 g/mol. The fraction of sp³-hybridized carbons (Fsp3) is 0.250. The average molecular weight is 319 g/mol. The molecule has 1 heterocycles. The van der Waals surface area contributed by atoms with Crippen molar-refractivity contribution >= 4 is 28.9 Å². The molecule has 0 aliphatic rings. The van der Waals surface area contributed by atoms with Crippen LogP contribution in [0.5, 0.6) is 0 Å². The lowest BCUT2D eigenvalue weighted by atomic mass is 10.0. The number of thiophene rings is 1. The van der Waals surface area contributed by atoms with Crippen molar-refractivity contribution in [1.29, 1.82) is 0 Å². The molecule has 22 heavy (non-hydrogen) atoms. The van der Waals surface area contributed by atoms with E-state index in [0.29, 0.717) is 5.69 Å². The van der Waals surface area contributed by atoms with E-state index in [1.54, 1.807) is 23.5 Å². The van der Waals surface area contributed by atoms with Gasteiger partial charge >= 0.3 is 5.97 Å². The molecule has 1 unspecified atom stereocenters. The van der Waals surface area contributed by atoms with Crippen LogP contribution in [0.4, 0.5) is 5.69 Å². The Morgan fingerprint density at radius 2 is 1.95 bits per heavy atom. The van der Waals surface area contributed by atoms with E-state index in [1.807, 2.05) is 31.2 Å². The molecule has 0 aliphatic heterocycles. The number of aliphatic hydroxyl groups is 1. The number of carboxylic acids is 1. The number of amides is 1. The van der Waals surface area contributed by atoms with Gasteiger partial charge in [-0.3, -0.25) is 9.59 Å². The molecule has 0 radical (unpaired) electrons. The predicted molar refractivity (Wildman–Crippen MR) is 86.0 cm³/mol. The zero-order valence-corrected chi connectivity index (χ0v) is 12.9. The summed E-state index contributed by atoms with van der Waals surface area (Å²) in [5, 5.41) is 20.7. The molecule has 0 bridgehead atoms. The van der Waals surface area contributed by atoms with Crippen molar-refractivity contribution in [1.82, 2.24) is 0 Å². The number of aliphatic hydroxyl groups excluding tert-OH is 1. The van der Waals surface area contributed by atoms with Crippen molar-refractivity contribution in [2.45, 2.75) is 13.3 Å². The molecule has 116 valence electrons. The summed E-state index contributed by atoms with van der Waals surface area (Å²) in [6.45, 7) is 1.50. The number of carbonyl (C=O) groups is 2. The van der Waals surface area contributed by atoms with Gasteiger partial charge in [0.25, 0.3) is 0 Å². The third-order valence-electron chi connectivity index (χ3n) is 3.20. The zero-order chi connectivity index (χ0) is 16.1. The maximum absolute atomic E-state index is 12.1. The lowest BCUT2D eigenvalue weighted by Crippen LogP contribution is -2.28. The van der Waals surface area contributed by atoms with Gasteiger partial charge in [-0.05, 0) is 25.1 Å². The highest BCUT2D eigenvalue weighted by Gasteiger charge is 2.22. The average Bonchev–Trinajstić information content (AvgIpc) is 2.91. The molecule has 6 heteroatoms. The SMILES string of the molecule is Cc1ccc(-c2ccccc2NC(=O)C(CO)CC(=O)O)s1. The lowest BCUT2D eigenvalue weighted by molar-refractivity contribution is -0.140. The Kier molecular flexibility index (Phi) is 5.30. The molecule has 0 aliphatic carbocycles. The molecular weight excluding hydrogens is 302 g/mol. The normalized spacial score (nSPS) is 11.9. The Labute approximate surface area is 132 Å². The van der Waals surface area contributed by atoms with Crippen LogP contribution >= 0.6 is 11.3 Å². The summed E-state index contributed by atoms with van der Waals surface area (Å²) in [6, 6.07) is 11.3. The fourth-order valence-corrected chi connectivity index (χ4v) is 2.98. The molecule has 5 nitrogen and oxygen atoms in total.